The second-order valence-corrected chi connectivity index (χ2v) is 8.63. The van der Waals surface area contributed by atoms with E-state index in [2.05, 4.69) is 4.72 Å². The van der Waals surface area contributed by atoms with E-state index in [1.54, 1.807) is 31.2 Å². The Bertz CT molecular complexity index is 918. The van der Waals surface area contributed by atoms with Gasteiger partial charge in [0.2, 0.25) is 10.0 Å². The first-order valence-corrected chi connectivity index (χ1v) is 10.4. The maximum atomic E-state index is 12.8. The maximum Gasteiger partial charge on any atom is 0.240 e. The molecule has 146 valence electrons. The summed E-state index contributed by atoms with van der Waals surface area (Å²) in [6.07, 6.45) is 0.751. The molecule has 0 spiro atoms. The number of hydrogen-bond acceptors (Lipinski definition) is 5. The molecule has 1 aliphatic rings. The van der Waals surface area contributed by atoms with Crippen molar-refractivity contribution in [3.05, 3.63) is 53.1 Å². The summed E-state index contributed by atoms with van der Waals surface area (Å²) < 4.78 is 44.9. The van der Waals surface area contributed by atoms with Crippen molar-refractivity contribution in [1.29, 1.82) is 0 Å². The highest BCUT2D eigenvalue weighted by atomic mass is 35.5. The fourth-order valence-electron chi connectivity index (χ4n) is 2.74. The highest BCUT2D eigenvalue weighted by Gasteiger charge is 2.29. The third-order valence-electron chi connectivity index (χ3n) is 4.51. The number of halogens is 1. The smallest absolute Gasteiger partial charge is 0.240 e. The van der Waals surface area contributed by atoms with Crippen molar-refractivity contribution < 1.29 is 22.6 Å². The lowest BCUT2D eigenvalue weighted by Gasteiger charge is -2.29. The van der Waals surface area contributed by atoms with Crippen molar-refractivity contribution in [3.8, 4) is 11.5 Å². The summed E-state index contributed by atoms with van der Waals surface area (Å²) >= 11 is 6.05. The Labute approximate surface area is 164 Å². The number of sulfonamides is 1. The molecule has 0 aromatic heterocycles. The minimum absolute atomic E-state index is 0.0423. The Morgan fingerprint density at radius 2 is 1.89 bits per heavy atom. The molecule has 2 aromatic carbocycles. The second-order valence-electron chi connectivity index (χ2n) is 6.43. The van der Waals surface area contributed by atoms with Gasteiger partial charge in [-0.25, -0.2) is 13.1 Å². The molecule has 6 nitrogen and oxygen atoms in total. The normalized spacial score (nSPS) is 16.4. The van der Waals surface area contributed by atoms with Crippen LogP contribution in [0.15, 0.2) is 47.4 Å². The lowest BCUT2D eigenvalue weighted by atomic mass is 9.96. The number of rotatable bonds is 6. The van der Waals surface area contributed by atoms with Crippen molar-refractivity contribution >= 4 is 21.6 Å². The van der Waals surface area contributed by atoms with Crippen molar-refractivity contribution in [2.45, 2.75) is 23.8 Å². The van der Waals surface area contributed by atoms with E-state index >= 15 is 0 Å². The molecule has 0 aliphatic carbocycles. The lowest BCUT2D eigenvalue weighted by Crippen LogP contribution is -2.40. The van der Waals surface area contributed by atoms with Crippen LogP contribution in [0.25, 0.3) is 0 Å². The summed E-state index contributed by atoms with van der Waals surface area (Å²) in [5.74, 6) is 0.979. The molecule has 0 saturated carbocycles. The van der Waals surface area contributed by atoms with Gasteiger partial charge in [0.15, 0.2) is 11.5 Å². The van der Waals surface area contributed by atoms with E-state index in [-0.39, 0.29) is 11.4 Å². The molecule has 0 bridgehead atoms. The lowest BCUT2D eigenvalue weighted by molar-refractivity contribution is 0.00699. The van der Waals surface area contributed by atoms with E-state index in [0.717, 1.165) is 12.0 Å². The van der Waals surface area contributed by atoms with Crippen LogP contribution in [0, 0.1) is 0 Å². The van der Waals surface area contributed by atoms with E-state index in [0.29, 0.717) is 29.7 Å². The first kappa shape index (κ1) is 19.9. The average molecular weight is 412 g/mol. The molecule has 0 radical (unpaired) electrons. The highest BCUT2D eigenvalue weighted by molar-refractivity contribution is 7.89. The topological polar surface area (TPSA) is 73.9 Å². The molecule has 8 heteroatoms. The number of hydrogen-bond donors (Lipinski definition) is 1. The largest absolute Gasteiger partial charge is 0.490 e. The van der Waals surface area contributed by atoms with Crippen molar-refractivity contribution in [2.24, 2.45) is 0 Å². The van der Waals surface area contributed by atoms with Crippen LogP contribution in [0.2, 0.25) is 5.02 Å². The monoisotopic (exact) mass is 411 g/mol. The van der Waals surface area contributed by atoms with Crippen LogP contribution < -0.4 is 14.2 Å². The third-order valence-corrected chi connectivity index (χ3v) is 6.15. The van der Waals surface area contributed by atoms with E-state index in [1.165, 1.54) is 19.2 Å². The molecule has 0 amide bonds. The SMILES string of the molecule is COC(C)(CNS(=O)(=O)c1ccc2c(c1)OCCCO2)c1cccc(Cl)c1. The molecule has 0 fully saturated rings. The summed E-state index contributed by atoms with van der Waals surface area (Å²) in [6, 6.07) is 11.7. The fraction of sp³-hybridized carbons (Fsp3) is 0.368. The van der Waals surface area contributed by atoms with Gasteiger partial charge in [-0.3, -0.25) is 0 Å². The molecule has 1 N–H and O–H groups in total. The van der Waals surface area contributed by atoms with Crippen LogP contribution in [-0.2, 0) is 20.4 Å². The first-order valence-electron chi connectivity index (χ1n) is 8.55. The molecule has 1 unspecified atom stereocenters. The van der Waals surface area contributed by atoms with Gasteiger partial charge in [-0.2, -0.15) is 0 Å². The van der Waals surface area contributed by atoms with Gasteiger partial charge in [-0.15, -0.1) is 0 Å². The minimum Gasteiger partial charge on any atom is -0.490 e. The Kier molecular flexibility index (Phi) is 5.95. The number of fused-ring (bicyclic) bond motifs is 1. The van der Waals surface area contributed by atoms with Gasteiger partial charge in [0.25, 0.3) is 0 Å². The standard InChI is InChI=1S/C19H22ClNO5S/c1-19(24-2,14-5-3-6-15(20)11-14)13-21-27(22,23)16-7-8-17-18(12-16)26-10-4-9-25-17/h3,5-8,11-12,21H,4,9-10,13H2,1-2H3. The third kappa shape index (κ3) is 4.55. The van der Waals surface area contributed by atoms with E-state index in [1.807, 2.05) is 6.07 Å². The fourth-order valence-corrected chi connectivity index (χ4v) is 4.07. The van der Waals surface area contributed by atoms with Crippen molar-refractivity contribution in [1.82, 2.24) is 4.72 Å². The van der Waals surface area contributed by atoms with Gasteiger partial charge in [0, 0.05) is 31.2 Å². The summed E-state index contributed by atoms with van der Waals surface area (Å²) in [7, 11) is -2.24. The average Bonchev–Trinajstić information content (AvgIpc) is 2.91. The summed E-state index contributed by atoms with van der Waals surface area (Å²) in [5, 5.41) is 0.557. The quantitative estimate of drug-likeness (QED) is 0.789. The Balaban J connectivity index is 1.81. The van der Waals surface area contributed by atoms with Crippen LogP contribution in [0.4, 0.5) is 0 Å². The zero-order valence-electron chi connectivity index (χ0n) is 15.2. The molecule has 1 atom stereocenters. The van der Waals surface area contributed by atoms with Gasteiger partial charge in [0.1, 0.15) is 5.60 Å². The Morgan fingerprint density at radius 3 is 2.59 bits per heavy atom. The zero-order chi connectivity index (χ0) is 19.5. The summed E-state index contributed by atoms with van der Waals surface area (Å²) in [6.45, 7) is 2.87. The predicted octanol–water partition coefficient (Wildman–Crippen LogP) is 3.34. The van der Waals surface area contributed by atoms with Crippen LogP contribution in [-0.4, -0.2) is 35.3 Å². The molecule has 1 aliphatic heterocycles. The van der Waals surface area contributed by atoms with E-state index < -0.39 is 15.6 Å². The maximum absolute atomic E-state index is 12.8. The first-order chi connectivity index (χ1) is 12.8. The van der Waals surface area contributed by atoms with Crippen molar-refractivity contribution in [2.75, 3.05) is 26.9 Å². The Morgan fingerprint density at radius 1 is 1.15 bits per heavy atom. The molecule has 3 rings (SSSR count). The minimum atomic E-state index is -3.77. The number of benzene rings is 2. The molecule has 0 saturated heterocycles. The zero-order valence-corrected chi connectivity index (χ0v) is 16.8. The van der Waals surface area contributed by atoms with Crippen LogP contribution >= 0.6 is 11.6 Å². The second kappa shape index (κ2) is 8.06. The summed E-state index contributed by atoms with van der Waals surface area (Å²) in [4.78, 5) is 0.108. The number of nitrogens with one attached hydrogen (secondary N) is 1. The van der Waals surface area contributed by atoms with Gasteiger partial charge in [-0.1, -0.05) is 23.7 Å². The van der Waals surface area contributed by atoms with Crippen LogP contribution in [0.3, 0.4) is 0 Å². The summed E-state index contributed by atoms with van der Waals surface area (Å²) in [5.41, 5.74) is -0.0950. The van der Waals surface area contributed by atoms with E-state index in [4.69, 9.17) is 25.8 Å². The molecule has 1 heterocycles. The van der Waals surface area contributed by atoms with Crippen LogP contribution in [0.5, 0.6) is 11.5 Å². The van der Waals surface area contributed by atoms with E-state index in [9.17, 15) is 8.42 Å². The number of ether oxygens (including phenoxy) is 3. The number of methoxy groups -OCH3 is 1. The van der Waals surface area contributed by atoms with Crippen LogP contribution in [0.1, 0.15) is 18.9 Å². The van der Waals surface area contributed by atoms with Gasteiger partial charge < -0.3 is 14.2 Å². The molecular weight excluding hydrogens is 390 g/mol. The highest BCUT2D eigenvalue weighted by Crippen LogP contribution is 2.32. The van der Waals surface area contributed by atoms with Crippen molar-refractivity contribution in [3.63, 3.8) is 0 Å². The van der Waals surface area contributed by atoms with Gasteiger partial charge in [0.05, 0.1) is 18.1 Å². The molecule has 27 heavy (non-hydrogen) atoms. The predicted molar refractivity (Wildman–Crippen MR) is 103 cm³/mol. The molecule has 2 aromatic rings. The van der Waals surface area contributed by atoms with Gasteiger partial charge in [-0.05, 0) is 36.8 Å². The van der Waals surface area contributed by atoms with Gasteiger partial charge >= 0.3 is 0 Å². The Hall–Kier alpha value is -1.80. The molecular formula is C19H22ClNO5S.